The van der Waals surface area contributed by atoms with E-state index in [4.69, 9.17) is 16.3 Å². The fourth-order valence-electron chi connectivity index (χ4n) is 1.37. The summed E-state index contributed by atoms with van der Waals surface area (Å²) in [4.78, 5) is 4.18. The van der Waals surface area contributed by atoms with Gasteiger partial charge in [-0.25, -0.2) is 9.37 Å². The fraction of sp³-hybridized carbons (Fsp3) is 0.167. The quantitative estimate of drug-likeness (QED) is 0.691. The molecule has 0 aliphatic rings. The molecular weight excluding hydrogens is 289 g/mol. The Labute approximate surface area is 118 Å². The van der Waals surface area contributed by atoms with Gasteiger partial charge < -0.3 is 4.74 Å². The molecule has 0 saturated carbocycles. The summed E-state index contributed by atoms with van der Waals surface area (Å²) in [6, 6.07) is 3.12. The zero-order valence-electron chi connectivity index (χ0n) is 10.3. The number of rotatable bonds is 4. The van der Waals surface area contributed by atoms with Crippen LogP contribution in [-0.2, 0) is 0 Å². The lowest BCUT2D eigenvalue weighted by Crippen LogP contribution is -1.95. The molecule has 1 aromatic heterocycles. The Balaban J connectivity index is 2.13. The summed E-state index contributed by atoms with van der Waals surface area (Å²) in [5.74, 6) is -0.496. The van der Waals surface area contributed by atoms with E-state index in [-0.39, 0.29) is 10.8 Å². The van der Waals surface area contributed by atoms with Crippen LogP contribution in [0, 0.1) is 12.7 Å². The van der Waals surface area contributed by atoms with E-state index >= 15 is 0 Å². The lowest BCUT2D eigenvalue weighted by Gasteiger charge is -2.05. The summed E-state index contributed by atoms with van der Waals surface area (Å²) in [6.45, 7) is 1.89. The molecule has 0 fully saturated rings. The molecule has 0 amide bonds. The van der Waals surface area contributed by atoms with Crippen LogP contribution in [0.3, 0.4) is 0 Å². The first-order valence-corrected chi connectivity index (χ1v) is 6.60. The van der Waals surface area contributed by atoms with Gasteiger partial charge in [-0.2, -0.15) is 5.10 Å². The van der Waals surface area contributed by atoms with Crippen molar-refractivity contribution in [2.24, 2.45) is 5.10 Å². The Morgan fingerprint density at radius 3 is 2.95 bits per heavy atom. The second kappa shape index (κ2) is 5.99. The summed E-state index contributed by atoms with van der Waals surface area (Å²) in [5.41, 5.74) is 4.13. The Hall–Kier alpha value is -1.66. The van der Waals surface area contributed by atoms with E-state index in [1.165, 1.54) is 30.7 Å². The largest absolute Gasteiger partial charge is 0.494 e. The third-order valence-electron chi connectivity index (χ3n) is 2.28. The van der Waals surface area contributed by atoms with E-state index in [0.29, 0.717) is 10.7 Å². The molecule has 7 heteroatoms. The van der Waals surface area contributed by atoms with Gasteiger partial charge in [-0.1, -0.05) is 11.6 Å². The molecule has 0 aliphatic carbocycles. The van der Waals surface area contributed by atoms with Gasteiger partial charge in [0.25, 0.3) is 0 Å². The number of methoxy groups -OCH3 is 1. The molecule has 100 valence electrons. The van der Waals surface area contributed by atoms with Crippen LogP contribution in [0.4, 0.5) is 9.52 Å². The Morgan fingerprint density at radius 1 is 1.53 bits per heavy atom. The number of benzene rings is 1. The third kappa shape index (κ3) is 3.21. The van der Waals surface area contributed by atoms with Crippen LogP contribution >= 0.6 is 22.9 Å². The summed E-state index contributed by atoms with van der Waals surface area (Å²) >= 11 is 7.31. The normalized spacial score (nSPS) is 10.9. The topological polar surface area (TPSA) is 46.5 Å². The first-order chi connectivity index (χ1) is 9.11. The van der Waals surface area contributed by atoms with E-state index in [0.717, 1.165) is 5.69 Å². The SMILES string of the molecule is COc1ccc(C=NNc2nc(C)cs2)c(Cl)c1F. The zero-order valence-corrected chi connectivity index (χ0v) is 11.8. The van der Waals surface area contributed by atoms with Gasteiger partial charge in [-0.05, 0) is 19.1 Å². The van der Waals surface area contributed by atoms with E-state index < -0.39 is 5.82 Å². The Kier molecular flexibility index (Phi) is 4.34. The second-order valence-corrected chi connectivity index (χ2v) is 4.89. The maximum Gasteiger partial charge on any atom is 0.203 e. The van der Waals surface area contributed by atoms with Crippen molar-refractivity contribution in [1.29, 1.82) is 0 Å². The highest BCUT2D eigenvalue weighted by atomic mass is 35.5. The van der Waals surface area contributed by atoms with Crippen molar-refractivity contribution in [3.05, 3.63) is 39.6 Å². The van der Waals surface area contributed by atoms with Crippen molar-refractivity contribution in [2.45, 2.75) is 6.92 Å². The maximum absolute atomic E-state index is 13.7. The molecule has 0 atom stereocenters. The summed E-state index contributed by atoms with van der Waals surface area (Å²) in [7, 11) is 1.38. The van der Waals surface area contributed by atoms with E-state index in [1.54, 1.807) is 6.07 Å². The van der Waals surface area contributed by atoms with Crippen molar-refractivity contribution < 1.29 is 9.13 Å². The van der Waals surface area contributed by atoms with Crippen molar-refractivity contribution >= 4 is 34.3 Å². The summed E-state index contributed by atoms with van der Waals surface area (Å²) in [6.07, 6.45) is 1.43. The van der Waals surface area contributed by atoms with Crippen LogP contribution in [0.25, 0.3) is 0 Å². The summed E-state index contributed by atoms with van der Waals surface area (Å²) in [5, 5.41) is 6.50. The molecule has 0 saturated heterocycles. The van der Waals surface area contributed by atoms with Gasteiger partial charge in [-0.15, -0.1) is 11.3 Å². The Bertz CT molecular complexity index is 615. The van der Waals surface area contributed by atoms with Gasteiger partial charge in [0.05, 0.1) is 24.0 Å². The molecule has 4 nitrogen and oxygen atoms in total. The van der Waals surface area contributed by atoms with Crippen LogP contribution in [0.5, 0.6) is 5.75 Å². The van der Waals surface area contributed by atoms with Crippen LogP contribution in [0.1, 0.15) is 11.3 Å². The number of halogens is 2. The molecule has 1 N–H and O–H groups in total. The predicted molar refractivity (Wildman–Crippen MR) is 76.0 cm³/mol. The highest BCUT2D eigenvalue weighted by Crippen LogP contribution is 2.27. The number of aromatic nitrogens is 1. The summed E-state index contributed by atoms with van der Waals surface area (Å²) < 4.78 is 18.5. The monoisotopic (exact) mass is 299 g/mol. The Morgan fingerprint density at radius 2 is 2.32 bits per heavy atom. The van der Waals surface area contributed by atoms with Crippen molar-refractivity contribution in [3.63, 3.8) is 0 Å². The van der Waals surface area contributed by atoms with Gasteiger partial charge >= 0.3 is 0 Å². The zero-order chi connectivity index (χ0) is 13.8. The van der Waals surface area contributed by atoms with Crippen LogP contribution < -0.4 is 10.2 Å². The molecule has 0 unspecified atom stereocenters. The van der Waals surface area contributed by atoms with E-state index in [1.807, 2.05) is 12.3 Å². The first kappa shape index (κ1) is 13.8. The molecule has 0 bridgehead atoms. The van der Waals surface area contributed by atoms with Crippen LogP contribution in [0.15, 0.2) is 22.6 Å². The predicted octanol–water partition coefficient (Wildman–Crippen LogP) is 3.70. The number of hydrogen-bond acceptors (Lipinski definition) is 5. The van der Waals surface area contributed by atoms with Gasteiger partial charge in [0.1, 0.15) is 0 Å². The highest BCUT2D eigenvalue weighted by Gasteiger charge is 2.10. The number of hydrogen-bond donors (Lipinski definition) is 1. The second-order valence-electron chi connectivity index (χ2n) is 3.65. The number of anilines is 1. The van der Waals surface area contributed by atoms with Gasteiger partial charge in [-0.3, -0.25) is 5.43 Å². The smallest absolute Gasteiger partial charge is 0.203 e. The number of nitrogens with zero attached hydrogens (tertiary/aromatic N) is 2. The number of thiazole rings is 1. The molecule has 0 spiro atoms. The lowest BCUT2D eigenvalue weighted by atomic mass is 10.2. The minimum atomic E-state index is -0.599. The third-order valence-corrected chi connectivity index (χ3v) is 3.53. The van der Waals surface area contributed by atoms with Crippen molar-refractivity contribution in [3.8, 4) is 5.75 Å². The number of nitrogens with one attached hydrogen (secondary N) is 1. The molecule has 2 rings (SSSR count). The number of hydrazone groups is 1. The molecular formula is C12H11ClFN3OS. The molecule has 2 aromatic rings. The highest BCUT2D eigenvalue weighted by molar-refractivity contribution is 7.13. The van der Waals surface area contributed by atoms with E-state index in [9.17, 15) is 4.39 Å². The molecule has 1 heterocycles. The lowest BCUT2D eigenvalue weighted by molar-refractivity contribution is 0.386. The van der Waals surface area contributed by atoms with Crippen LogP contribution in [0.2, 0.25) is 5.02 Å². The minimum absolute atomic E-state index is 0.0276. The van der Waals surface area contributed by atoms with Gasteiger partial charge in [0.2, 0.25) is 5.13 Å². The maximum atomic E-state index is 13.7. The van der Waals surface area contributed by atoms with Gasteiger partial charge in [0.15, 0.2) is 11.6 Å². The minimum Gasteiger partial charge on any atom is -0.494 e. The fourth-order valence-corrected chi connectivity index (χ4v) is 2.21. The average Bonchev–Trinajstić information content (AvgIpc) is 2.81. The van der Waals surface area contributed by atoms with Crippen molar-refractivity contribution in [2.75, 3.05) is 12.5 Å². The van der Waals surface area contributed by atoms with E-state index in [2.05, 4.69) is 15.5 Å². The van der Waals surface area contributed by atoms with Gasteiger partial charge in [0, 0.05) is 10.9 Å². The molecule has 0 radical (unpaired) electrons. The van der Waals surface area contributed by atoms with Crippen molar-refractivity contribution in [1.82, 2.24) is 4.98 Å². The van der Waals surface area contributed by atoms with Crippen LogP contribution in [-0.4, -0.2) is 18.3 Å². The number of aryl methyl sites for hydroxylation is 1. The number of ether oxygens (including phenoxy) is 1. The molecule has 0 aliphatic heterocycles. The average molecular weight is 300 g/mol. The molecule has 19 heavy (non-hydrogen) atoms. The standard InChI is InChI=1S/C12H11ClFN3OS/c1-7-6-19-12(16-7)17-15-5-8-3-4-9(18-2)11(14)10(8)13/h3-6H,1-2H3,(H,16,17). The molecule has 1 aromatic carbocycles. The first-order valence-electron chi connectivity index (χ1n) is 5.35.